The molecule has 29 heavy (non-hydrogen) atoms. The number of nitrogens with zero attached hydrogens (tertiary/aromatic N) is 1. The summed E-state index contributed by atoms with van der Waals surface area (Å²) in [6.45, 7) is 6.25. The van der Waals surface area contributed by atoms with E-state index in [9.17, 15) is 9.59 Å². The Balaban J connectivity index is 1.94. The molecule has 0 unspecified atom stereocenters. The summed E-state index contributed by atoms with van der Waals surface area (Å²) in [5, 5.41) is 12.7. The van der Waals surface area contributed by atoms with Gasteiger partial charge in [-0.15, -0.1) is 0 Å². The first kappa shape index (κ1) is 21.4. The van der Waals surface area contributed by atoms with Crippen LogP contribution in [0, 0.1) is 5.92 Å². The Bertz CT molecular complexity index is 867. The third-order valence-electron chi connectivity index (χ3n) is 5.86. The van der Waals surface area contributed by atoms with E-state index in [1.54, 1.807) is 6.20 Å². The van der Waals surface area contributed by atoms with Crippen molar-refractivity contribution in [3.8, 4) is 0 Å². The summed E-state index contributed by atoms with van der Waals surface area (Å²) in [4.78, 5) is 25.0. The van der Waals surface area contributed by atoms with Crippen LogP contribution in [0.2, 0.25) is 5.02 Å². The lowest BCUT2D eigenvalue weighted by Gasteiger charge is -2.42. The van der Waals surface area contributed by atoms with Crippen LogP contribution in [-0.2, 0) is 10.3 Å². The predicted octanol–water partition coefficient (Wildman–Crippen LogP) is 5.55. The molecule has 1 aromatic rings. The monoisotopic (exact) mass is 416 g/mol. The number of allylic oxidation sites excluding steroid dienone is 1. The van der Waals surface area contributed by atoms with E-state index in [0.717, 1.165) is 29.5 Å². The number of urea groups is 1. The van der Waals surface area contributed by atoms with Crippen LogP contribution in [0.4, 0.5) is 4.79 Å². The molecule has 3 rings (SSSR count). The molecule has 0 bridgehead atoms. The SMILES string of the molecule is CC(C)C1=CN(CCC(=O)O)C(=O)N[C@@]1(C)c1ccc(C=C2CCCC2)c(Cl)c1. The van der Waals surface area contributed by atoms with E-state index in [2.05, 4.69) is 25.2 Å². The van der Waals surface area contributed by atoms with Gasteiger partial charge in [-0.1, -0.05) is 49.2 Å². The van der Waals surface area contributed by atoms with Crippen LogP contribution in [0.3, 0.4) is 0 Å². The molecule has 1 aliphatic heterocycles. The number of carbonyl (C=O) groups is 2. The molecular formula is C23H29ClN2O3. The van der Waals surface area contributed by atoms with Gasteiger partial charge in [0.15, 0.2) is 0 Å². The maximum absolute atomic E-state index is 12.7. The van der Waals surface area contributed by atoms with Crippen molar-refractivity contribution < 1.29 is 14.7 Å². The molecule has 1 fully saturated rings. The first-order valence-electron chi connectivity index (χ1n) is 10.2. The summed E-state index contributed by atoms with van der Waals surface area (Å²) >= 11 is 6.61. The second kappa shape index (κ2) is 8.62. The molecule has 0 radical (unpaired) electrons. The number of carboxylic acid groups (broad SMARTS) is 1. The first-order valence-corrected chi connectivity index (χ1v) is 10.6. The molecule has 1 heterocycles. The van der Waals surface area contributed by atoms with Crippen molar-refractivity contribution in [2.24, 2.45) is 5.92 Å². The number of hydrogen-bond acceptors (Lipinski definition) is 2. The number of hydrogen-bond donors (Lipinski definition) is 2. The number of aliphatic carboxylic acids is 1. The van der Waals surface area contributed by atoms with E-state index in [4.69, 9.17) is 16.7 Å². The van der Waals surface area contributed by atoms with Crippen LogP contribution < -0.4 is 5.32 Å². The molecule has 0 saturated heterocycles. The van der Waals surface area contributed by atoms with Gasteiger partial charge in [-0.2, -0.15) is 0 Å². The van der Waals surface area contributed by atoms with Gasteiger partial charge in [-0.3, -0.25) is 4.79 Å². The smallest absolute Gasteiger partial charge is 0.322 e. The Hall–Kier alpha value is -2.27. The van der Waals surface area contributed by atoms with Gasteiger partial charge in [0.2, 0.25) is 0 Å². The molecule has 0 spiro atoms. The number of halogens is 1. The normalized spacial score (nSPS) is 22.0. The summed E-state index contributed by atoms with van der Waals surface area (Å²) in [5.41, 5.74) is 3.68. The fraction of sp³-hybridized carbons (Fsp3) is 0.478. The van der Waals surface area contributed by atoms with Crippen LogP contribution in [0.15, 0.2) is 35.5 Å². The third kappa shape index (κ3) is 4.67. The van der Waals surface area contributed by atoms with E-state index < -0.39 is 11.5 Å². The van der Waals surface area contributed by atoms with Gasteiger partial charge in [0.05, 0.1) is 12.0 Å². The Morgan fingerprint density at radius 2 is 2.03 bits per heavy atom. The maximum Gasteiger partial charge on any atom is 0.322 e. The molecule has 0 aromatic heterocycles. The van der Waals surface area contributed by atoms with Gasteiger partial charge >= 0.3 is 12.0 Å². The van der Waals surface area contributed by atoms with Gasteiger partial charge in [-0.05, 0) is 61.3 Å². The lowest BCUT2D eigenvalue weighted by Crippen LogP contribution is -2.54. The van der Waals surface area contributed by atoms with E-state index >= 15 is 0 Å². The van der Waals surface area contributed by atoms with Crippen LogP contribution in [0.1, 0.15) is 64.0 Å². The van der Waals surface area contributed by atoms with Crippen molar-refractivity contribution in [2.75, 3.05) is 6.54 Å². The van der Waals surface area contributed by atoms with Crippen LogP contribution >= 0.6 is 11.6 Å². The highest BCUT2D eigenvalue weighted by molar-refractivity contribution is 6.32. The number of nitrogens with one attached hydrogen (secondary N) is 1. The summed E-state index contributed by atoms with van der Waals surface area (Å²) in [6.07, 6.45) is 8.65. The Morgan fingerprint density at radius 1 is 1.34 bits per heavy atom. The quantitative estimate of drug-likeness (QED) is 0.638. The minimum Gasteiger partial charge on any atom is -0.481 e. The van der Waals surface area contributed by atoms with E-state index in [1.165, 1.54) is 23.3 Å². The zero-order valence-electron chi connectivity index (χ0n) is 17.3. The number of carboxylic acids is 1. The molecule has 2 amide bonds. The zero-order chi connectivity index (χ0) is 21.2. The Labute approximate surface area is 177 Å². The summed E-state index contributed by atoms with van der Waals surface area (Å²) in [7, 11) is 0. The van der Waals surface area contributed by atoms with Crippen LogP contribution in [0.25, 0.3) is 6.08 Å². The standard InChI is InChI=1S/C23H29ClN2O3/c1-15(2)19-14-26(11-10-21(27)28)22(29)25-23(19,3)18-9-8-17(20(24)13-18)12-16-6-4-5-7-16/h8-9,12-15H,4-7,10-11H2,1-3H3,(H,25,29)(H,27,28)/t23-/m0/s1. The highest BCUT2D eigenvalue weighted by Gasteiger charge is 2.39. The fourth-order valence-corrected chi connectivity index (χ4v) is 4.44. The van der Waals surface area contributed by atoms with Gasteiger partial charge in [-0.25, -0.2) is 4.79 Å². The second-order valence-electron chi connectivity index (χ2n) is 8.38. The highest BCUT2D eigenvalue weighted by Crippen LogP contribution is 2.39. The number of amides is 2. The van der Waals surface area contributed by atoms with Crippen molar-refractivity contribution in [1.29, 1.82) is 0 Å². The number of rotatable bonds is 6. The highest BCUT2D eigenvalue weighted by atomic mass is 35.5. The average Bonchev–Trinajstić information content (AvgIpc) is 3.15. The molecule has 1 aliphatic carbocycles. The van der Waals surface area contributed by atoms with Gasteiger partial charge in [0, 0.05) is 17.8 Å². The predicted molar refractivity (Wildman–Crippen MR) is 116 cm³/mol. The van der Waals surface area contributed by atoms with Gasteiger partial charge < -0.3 is 15.3 Å². The number of carbonyl (C=O) groups excluding carboxylic acids is 1. The summed E-state index contributed by atoms with van der Waals surface area (Å²) in [6, 6.07) is 5.68. The fourth-order valence-electron chi connectivity index (χ4n) is 4.21. The molecule has 156 valence electrons. The van der Waals surface area contributed by atoms with E-state index in [1.807, 2.05) is 25.1 Å². The minimum atomic E-state index is -0.926. The zero-order valence-corrected chi connectivity index (χ0v) is 18.1. The topological polar surface area (TPSA) is 69.6 Å². The van der Waals surface area contributed by atoms with Gasteiger partial charge in [0.1, 0.15) is 0 Å². The van der Waals surface area contributed by atoms with Crippen molar-refractivity contribution in [3.63, 3.8) is 0 Å². The van der Waals surface area contributed by atoms with E-state index in [-0.39, 0.29) is 24.9 Å². The first-order chi connectivity index (χ1) is 13.7. The Kier molecular flexibility index (Phi) is 6.37. The largest absolute Gasteiger partial charge is 0.481 e. The number of benzene rings is 1. The van der Waals surface area contributed by atoms with Crippen LogP contribution in [-0.4, -0.2) is 28.6 Å². The molecule has 6 heteroatoms. The van der Waals surface area contributed by atoms with Gasteiger partial charge in [0.25, 0.3) is 0 Å². The molecule has 2 N–H and O–H groups in total. The van der Waals surface area contributed by atoms with Crippen molar-refractivity contribution in [2.45, 2.75) is 58.4 Å². The van der Waals surface area contributed by atoms with Crippen molar-refractivity contribution in [1.82, 2.24) is 10.2 Å². The Morgan fingerprint density at radius 3 is 2.62 bits per heavy atom. The second-order valence-corrected chi connectivity index (χ2v) is 8.78. The lowest BCUT2D eigenvalue weighted by molar-refractivity contribution is -0.137. The third-order valence-corrected chi connectivity index (χ3v) is 6.19. The van der Waals surface area contributed by atoms with Crippen molar-refractivity contribution in [3.05, 3.63) is 51.7 Å². The molecule has 5 nitrogen and oxygen atoms in total. The van der Waals surface area contributed by atoms with Crippen LogP contribution in [0.5, 0.6) is 0 Å². The molecule has 2 aliphatic rings. The molecule has 1 aromatic carbocycles. The maximum atomic E-state index is 12.7. The molecule has 1 saturated carbocycles. The summed E-state index contributed by atoms with van der Waals surface area (Å²) in [5.74, 6) is -0.767. The van der Waals surface area contributed by atoms with Crippen molar-refractivity contribution >= 4 is 29.7 Å². The summed E-state index contributed by atoms with van der Waals surface area (Å²) < 4.78 is 0. The molecule has 1 atom stereocenters. The van der Waals surface area contributed by atoms with E-state index in [0.29, 0.717) is 5.02 Å². The lowest BCUT2D eigenvalue weighted by atomic mass is 9.78. The molecular weight excluding hydrogens is 388 g/mol. The average molecular weight is 417 g/mol. The minimum absolute atomic E-state index is 0.0960.